The van der Waals surface area contributed by atoms with Crippen molar-refractivity contribution in [3.05, 3.63) is 29.3 Å². The van der Waals surface area contributed by atoms with E-state index < -0.39 is 11.9 Å². The Morgan fingerprint density at radius 1 is 1.12 bits per heavy atom. The first kappa shape index (κ1) is 16.8. The molecule has 2 heterocycles. The van der Waals surface area contributed by atoms with Crippen LogP contribution in [0.15, 0.2) is 18.2 Å². The highest BCUT2D eigenvalue weighted by Crippen LogP contribution is 2.31. The number of piperidine rings is 1. The number of hydrogen-bond donors (Lipinski definition) is 2. The molecule has 1 saturated carbocycles. The van der Waals surface area contributed by atoms with Crippen LogP contribution < -0.4 is 10.1 Å². The quantitative estimate of drug-likeness (QED) is 0.808. The van der Waals surface area contributed by atoms with Gasteiger partial charge in [-0.1, -0.05) is 0 Å². The van der Waals surface area contributed by atoms with Gasteiger partial charge < -0.3 is 15.0 Å². The zero-order valence-electron chi connectivity index (χ0n) is 14.4. The van der Waals surface area contributed by atoms with Gasteiger partial charge in [-0.25, -0.2) is 0 Å². The molecule has 2 N–H and O–H groups in total. The molecule has 1 aliphatic carbocycles. The Morgan fingerprint density at radius 3 is 2.73 bits per heavy atom. The van der Waals surface area contributed by atoms with E-state index in [1.807, 2.05) is 6.07 Å². The number of fused-ring (bicyclic) bond motifs is 1. The lowest BCUT2D eigenvalue weighted by atomic mass is 9.95. The minimum absolute atomic E-state index is 0.188. The van der Waals surface area contributed by atoms with Crippen LogP contribution in [0.2, 0.25) is 0 Å². The van der Waals surface area contributed by atoms with Crippen LogP contribution in [-0.4, -0.2) is 40.5 Å². The molecule has 7 heteroatoms. The van der Waals surface area contributed by atoms with E-state index in [-0.39, 0.29) is 24.3 Å². The van der Waals surface area contributed by atoms with Gasteiger partial charge in [0.1, 0.15) is 17.9 Å². The second kappa shape index (κ2) is 6.55. The van der Waals surface area contributed by atoms with Crippen molar-refractivity contribution >= 4 is 23.4 Å². The van der Waals surface area contributed by atoms with Gasteiger partial charge in [0.25, 0.3) is 5.91 Å². The van der Waals surface area contributed by atoms with Gasteiger partial charge in [-0.2, -0.15) is 0 Å². The minimum atomic E-state index is -0.608. The molecule has 1 unspecified atom stereocenters. The summed E-state index contributed by atoms with van der Waals surface area (Å²) in [5, 5.41) is 10.3. The van der Waals surface area contributed by atoms with E-state index >= 15 is 0 Å². The van der Waals surface area contributed by atoms with E-state index in [0.717, 1.165) is 31.2 Å². The van der Waals surface area contributed by atoms with Crippen LogP contribution in [0.4, 0.5) is 0 Å². The molecule has 1 saturated heterocycles. The summed E-state index contributed by atoms with van der Waals surface area (Å²) in [6.07, 6.45) is 4.12. The largest absolute Gasteiger partial charge is 0.484 e. The summed E-state index contributed by atoms with van der Waals surface area (Å²) in [5.74, 6) is -0.236. The van der Waals surface area contributed by atoms with Crippen molar-refractivity contribution in [2.75, 3.05) is 0 Å². The Bertz CT molecular complexity index is 804. The maximum atomic E-state index is 12.7. The molecule has 1 aromatic rings. The molecule has 0 radical (unpaired) electrons. The minimum Gasteiger partial charge on any atom is -0.484 e. The molecule has 2 aliphatic heterocycles. The Morgan fingerprint density at radius 2 is 1.96 bits per heavy atom. The first-order valence-electron chi connectivity index (χ1n) is 9.04. The lowest BCUT2D eigenvalue weighted by Gasteiger charge is -2.29. The van der Waals surface area contributed by atoms with E-state index in [9.17, 15) is 14.4 Å². The molecule has 7 nitrogen and oxygen atoms in total. The van der Waals surface area contributed by atoms with Gasteiger partial charge in [0.2, 0.25) is 11.8 Å². The number of ether oxygens (including phenoxy) is 1. The number of imide groups is 1. The monoisotopic (exact) mass is 355 g/mol. The third kappa shape index (κ3) is 2.98. The van der Waals surface area contributed by atoms with Gasteiger partial charge in [0.05, 0.1) is 0 Å². The zero-order valence-corrected chi connectivity index (χ0v) is 14.4. The van der Waals surface area contributed by atoms with Gasteiger partial charge in [-0.05, 0) is 55.9 Å². The van der Waals surface area contributed by atoms with Crippen LogP contribution in [0.25, 0.3) is 0 Å². The van der Waals surface area contributed by atoms with Crippen molar-refractivity contribution in [2.24, 2.45) is 0 Å². The Balaban J connectivity index is 1.50. The normalized spacial score (nSPS) is 25.9. The number of carbonyl (C=O) groups excluding carboxylic acids is 3. The van der Waals surface area contributed by atoms with Gasteiger partial charge in [-0.15, -0.1) is 0 Å². The summed E-state index contributed by atoms with van der Waals surface area (Å²) < 4.78 is 5.97. The van der Waals surface area contributed by atoms with Crippen LogP contribution in [0, 0.1) is 5.41 Å². The fourth-order valence-corrected chi connectivity index (χ4v) is 3.90. The van der Waals surface area contributed by atoms with E-state index in [4.69, 9.17) is 10.1 Å². The highest BCUT2D eigenvalue weighted by Gasteiger charge is 2.39. The van der Waals surface area contributed by atoms with E-state index in [1.54, 1.807) is 12.1 Å². The van der Waals surface area contributed by atoms with Crippen LogP contribution in [0.3, 0.4) is 0 Å². The van der Waals surface area contributed by atoms with Crippen LogP contribution in [-0.2, 0) is 16.1 Å². The maximum Gasteiger partial charge on any atom is 0.255 e. The van der Waals surface area contributed by atoms with E-state index in [0.29, 0.717) is 30.0 Å². The maximum absolute atomic E-state index is 12.7. The van der Waals surface area contributed by atoms with Gasteiger partial charge in [0.15, 0.2) is 0 Å². The van der Waals surface area contributed by atoms with Crippen LogP contribution in [0.5, 0.6) is 5.75 Å². The number of nitrogens with zero attached hydrogens (tertiary/aromatic N) is 1. The summed E-state index contributed by atoms with van der Waals surface area (Å²) in [7, 11) is 0. The van der Waals surface area contributed by atoms with Gasteiger partial charge >= 0.3 is 0 Å². The van der Waals surface area contributed by atoms with Crippen LogP contribution in [0.1, 0.15) is 54.4 Å². The fourth-order valence-electron chi connectivity index (χ4n) is 3.90. The molecule has 1 aromatic carbocycles. The van der Waals surface area contributed by atoms with Crippen molar-refractivity contribution in [1.82, 2.24) is 10.2 Å². The smallest absolute Gasteiger partial charge is 0.255 e. The predicted octanol–water partition coefficient (Wildman–Crippen LogP) is 1.79. The number of rotatable bonds is 3. The van der Waals surface area contributed by atoms with E-state index in [2.05, 4.69) is 5.32 Å². The highest BCUT2D eigenvalue weighted by atomic mass is 16.5. The zero-order chi connectivity index (χ0) is 18.3. The molecule has 3 amide bonds. The van der Waals surface area contributed by atoms with Crippen molar-refractivity contribution in [1.29, 1.82) is 5.41 Å². The Labute approximate surface area is 151 Å². The van der Waals surface area contributed by atoms with Crippen molar-refractivity contribution < 1.29 is 19.1 Å². The SMILES string of the molecule is N=C1CCCC[C@@H]1Oc1ccc2c(c1)CN(C1CCC(=O)NC1=O)C2=O. The number of benzene rings is 1. The molecule has 26 heavy (non-hydrogen) atoms. The molecule has 136 valence electrons. The standard InChI is InChI=1S/C19H21N3O4/c20-14-3-1-2-4-16(14)26-12-5-6-13-11(9-12)10-22(19(13)25)15-7-8-17(23)21-18(15)24/h5-6,9,15-16,20H,1-4,7-8,10H2,(H,21,23,24)/t15?,16-/m0/s1. The summed E-state index contributed by atoms with van der Waals surface area (Å²) in [6, 6.07) is 4.71. The average Bonchev–Trinajstić information content (AvgIpc) is 2.93. The van der Waals surface area contributed by atoms with Crippen molar-refractivity contribution in [3.8, 4) is 5.75 Å². The molecule has 2 fully saturated rings. The average molecular weight is 355 g/mol. The first-order chi connectivity index (χ1) is 12.5. The summed E-state index contributed by atoms with van der Waals surface area (Å²) in [6.45, 7) is 0.333. The van der Waals surface area contributed by atoms with E-state index in [1.165, 1.54) is 4.90 Å². The third-order valence-corrected chi connectivity index (χ3v) is 5.32. The van der Waals surface area contributed by atoms with Gasteiger partial charge in [-0.3, -0.25) is 19.7 Å². The molecule has 2 atom stereocenters. The molecular weight excluding hydrogens is 334 g/mol. The number of hydrogen-bond acceptors (Lipinski definition) is 5. The third-order valence-electron chi connectivity index (χ3n) is 5.32. The number of nitrogens with one attached hydrogen (secondary N) is 2. The lowest BCUT2D eigenvalue weighted by molar-refractivity contribution is -0.136. The lowest BCUT2D eigenvalue weighted by Crippen LogP contribution is -2.52. The topological polar surface area (TPSA) is 99.6 Å². The Kier molecular flexibility index (Phi) is 4.22. The summed E-state index contributed by atoms with van der Waals surface area (Å²) in [5.41, 5.74) is 2.01. The second-order valence-electron chi connectivity index (χ2n) is 7.10. The fraction of sp³-hybridized carbons (Fsp3) is 0.474. The first-order valence-corrected chi connectivity index (χ1v) is 9.04. The molecule has 4 rings (SSSR count). The number of carbonyl (C=O) groups is 3. The molecule has 0 bridgehead atoms. The van der Waals surface area contributed by atoms with Crippen molar-refractivity contribution in [3.63, 3.8) is 0 Å². The number of amides is 3. The Hall–Kier alpha value is -2.70. The molecule has 3 aliphatic rings. The second-order valence-corrected chi connectivity index (χ2v) is 7.10. The summed E-state index contributed by atoms with van der Waals surface area (Å²) >= 11 is 0. The predicted molar refractivity (Wildman–Crippen MR) is 93.1 cm³/mol. The summed E-state index contributed by atoms with van der Waals surface area (Å²) in [4.78, 5) is 37.6. The highest BCUT2D eigenvalue weighted by molar-refractivity contribution is 6.05. The van der Waals surface area contributed by atoms with Crippen LogP contribution >= 0.6 is 0 Å². The van der Waals surface area contributed by atoms with Crippen molar-refractivity contribution in [2.45, 2.75) is 57.2 Å². The molecule has 0 aromatic heterocycles. The van der Waals surface area contributed by atoms with Gasteiger partial charge in [0, 0.05) is 24.2 Å². The molecule has 0 spiro atoms. The molecular formula is C19H21N3O4.